The van der Waals surface area contributed by atoms with Gasteiger partial charge in [0.15, 0.2) is 5.11 Å². The highest BCUT2D eigenvalue weighted by atomic mass is 79.9. The molecule has 2 aromatic carbocycles. The van der Waals surface area contributed by atoms with Crippen LogP contribution >= 0.6 is 44.1 Å². The Labute approximate surface area is 178 Å². The first kappa shape index (κ1) is 21.1. The molecule has 27 heavy (non-hydrogen) atoms. The van der Waals surface area contributed by atoms with Gasteiger partial charge in [-0.2, -0.15) is 0 Å². The van der Waals surface area contributed by atoms with Crippen LogP contribution in [-0.4, -0.2) is 31.1 Å². The van der Waals surface area contributed by atoms with Crippen LogP contribution in [-0.2, 0) is 0 Å². The number of nitrogens with one attached hydrogen (secondary N) is 3. The quantitative estimate of drug-likeness (QED) is 0.427. The summed E-state index contributed by atoms with van der Waals surface area (Å²) < 4.78 is 11.5. The van der Waals surface area contributed by atoms with E-state index in [-0.39, 0.29) is 5.11 Å². The van der Waals surface area contributed by atoms with E-state index in [4.69, 9.17) is 21.7 Å². The molecule has 7 nitrogen and oxygen atoms in total. The Morgan fingerprint density at radius 3 is 1.78 bits per heavy atom. The highest BCUT2D eigenvalue weighted by Gasteiger charge is 2.12. The molecule has 0 aliphatic heterocycles. The van der Waals surface area contributed by atoms with Crippen LogP contribution in [0.5, 0.6) is 11.5 Å². The summed E-state index contributed by atoms with van der Waals surface area (Å²) in [7, 11) is 3.06. The smallest absolute Gasteiger partial charge is 0.269 e. The molecule has 2 rings (SSSR count). The van der Waals surface area contributed by atoms with Gasteiger partial charge in [-0.3, -0.25) is 25.8 Å². The number of thiocarbonyl (C=S) groups is 1. The van der Waals surface area contributed by atoms with Crippen molar-refractivity contribution in [1.29, 1.82) is 0 Å². The van der Waals surface area contributed by atoms with Crippen LogP contribution in [0.15, 0.2) is 45.3 Å². The average molecular weight is 517 g/mol. The number of hydrogen-bond donors (Lipinski definition) is 3. The lowest BCUT2D eigenvalue weighted by atomic mass is 10.2. The highest BCUT2D eigenvalue weighted by molar-refractivity contribution is 9.10. The van der Waals surface area contributed by atoms with E-state index in [9.17, 15) is 9.59 Å². The average Bonchev–Trinajstić information content (AvgIpc) is 2.65. The Morgan fingerprint density at radius 2 is 1.33 bits per heavy atom. The van der Waals surface area contributed by atoms with E-state index in [0.717, 1.165) is 0 Å². The molecule has 142 valence electrons. The predicted octanol–water partition coefficient (Wildman–Crippen LogP) is 3.18. The molecule has 0 radical (unpaired) electrons. The van der Waals surface area contributed by atoms with Gasteiger partial charge in [0.25, 0.3) is 11.8 Å². The SMILES string of the molecule is COc1ccc(C(=O)NNC(=S)NC(=O)c2ccc(OC)c(Br)c2)cc1Br. The van der Waals surface area contributed by atoms with Crippen molar-refractivity contribution >= 4 is 61.0 Å². The molecule has 10 heteroatoms. The van der Waals surface area contributed by atoms with Crippen molar-refractivity contribution in [3.63, 3.8) is 0 Å². The molecule has 2 aromatic rings. The highest BCUT2D eigenvalue weighted by Crippen LogP contribution is 2.26. The third-order valence-electron chi connectivity index (χ3n) is 3.34. The third kappa shape index (κ3) is 5.65. The van der Waals surface area contributed by atoms with Gasteiger partial charge >= 0.3 is 0 Å². The second-order valence-corrected chi connectivity index (χ2v) is 7.18. The molecule has 0 saturated heterocycles. The van der Waals surface area contributed by atoms with Crippen molar-refractivity contribution in [3.05, 3.63) is 56.5 Å². The van der Waals surface area contributed by atoms with Gasteiger partial charge in [-0.25, -0.2) is 0 Å². The molecule has 0 saturated carbocycles. The number of rotatable bonds is 4. The number of ether oxygens (including phenoxy) is 2. The summed E-state index contributed by atoms with van der Waals surface area (Å²) in [5.41, 5.74) is 5.65. The Balaban J connectivity index is 1.91. The summed E-state index contributed by atoms with van der Waals surface area (Å²) in [6.45, 7) is 0. The van der Waals surface area contributed by atoms with E-state index in [2.05, 4.69) is 48.0 Å². The predicted molar refractivity (Wildman–Crippen MR) is 112 cm³/mol. The van der Waals surface area contributed by atoms with E-state index in [0.29, 0.717) is 31.6 Å². The molecule has 3 N–H and O–H groups in total. The number of halogens is 2. The lowest BCUT2D eigenvalue weighted by molar-refractivity contribution is 0.0934. The maximum absolute atomic E-state index is 12.2. The van der Waals surface area contributed by atoms with Crippen molar-refractivity contribution < 1.29 is 19.1 Å². The molecular weight excluding hydrogens is 502 g/mol. The summed E-state index contributed by atoms with van der Waals surface area (Å²) in [4.78, 5) is 24.3. The second-order valence-electron chi connectivity index (χ2n) is 5.06. The zero-order valence-corrected chi connectivity index (χ0v) is 18.2. The molecule has 0 aliphatic carbocycles. The maximum atomic E-state index is 12.2. The maximum Gasteiger partial charge on any atom is 0.269 e. The monoisotopic (exact) mass is 515 g/mol. The van der Waals surface area contributed by atoms with E-state index in [1.165, 1.54) is 14.2 Å². The number of hydrazine groups is 1. The number of hydrogen-bond acceptors (Lipinski definition) is 5. The largest absolute Gasteiger partial charge is 0.496 e. The van der Waals surface area contributed by atoms with Crippen molar-refractivity contribution in [2.24, 2.45) is 0 Å². The molecular formula is C17H15Br2N3O4S. The number of carbonyl (C=O) groups excluding carboxylic acids is 2. The topological polar surface area (TPSA) is 88.7 Å². The normalized spacial score (nSPS) is 9.93. The van der Waals surface area contributed by atoms with Crippen molar-refractivity contribution in [2.45, 2.75) is 0 Å². The lowest BCUT2D eigenvalue weighted by Gasteiger charge is -2.12. The van der Waals surface area contributed by atoms with Gasteiger partial charge in [-0.1, -0.05) is 0 Å². The zero-order valence-electron chi connectivity index (χ0n) is 14.3. The van der Waals surface area contributed by atoms with Crippen LogP contribution in [0.3, 0.4) is 0 Å². The van der Waals surface area contributed by atoms with Crippen LogP contribution in [0, 0.1) is 0 Å². The minimum absolute atomic E-state index is 0.0483. The Kier molecular flexibility index (Phi) is 7.57. The van der Waals surface area contributed by atoms with Crippen LogP contribution < -0.4 is 25.6 Å². The second kappa shape index (κ2) is 9.67. The minimum atomic E-state index is -0.433. The molecule has 0 unspecified atom stereocenters. The number of amides is 2. The van der Waals surface area contributed by atoms with Crippen LogP contribution in [0.4, 0.5) is 0 Å². The van der Waals surface area contributed by atoms with Gasteiger partial charge in [0, 0.05) is 11.1 Å². The first-order valence-electron chi connectivity index (χ1n) is 7.44. The fraction of sp³-hybridized carbons (Fsp3) is 0.118. The molecule has 0 heterocycles. The van der Waals surface area contributed by atoms with Crippen LogP contribution in [0.2, 0.25) is 0 Å². The number of benzene rings is 2. The fourth-order valence-electron chi connectivity index (χ4n) is 2.01. The Hall–Kier alpha value is -2.17. The van der Waals surface area contributed by atoms with E-state index in [1.54, 1.807) is 36.4 Å². The summed E-state index contributed by atoms with van der Waals surface area (Å²) in [5, 5.41) is 2.42. The Bertz CT molecular complexity index is 892. The van der Waals surface area contributed by atoms with Crippen molar-refractivity contribution in [1.82, 2.24) is 16.2 Å². The van der Waals surface area contributed by atoms with Gasteiger partial charge < -0.3 is 9.47 Å². The molecule has 0 fully saturated rings. The Morgan fingerprint density at radius 1 is 0.852 bits per heavy atom. The molecule has 0 aromatic heterocycles. The minimum Gasteiger partial charge on any atom is -0.496 e. The zero-order chi connectivity index (χ0) is 20.0. The van der Waals surface area contributed by atoms with Gasteiger partial charge in [-0.05, 0) is 80.5 Å². The number of carbonyl (C=O) groups is 2. The summed E-state index contributed by atoms with van der Waals surface area (Å²) in [6, 6.07) is 9.70. The van der Waals surface area contributed by atoms with E-state index in [1.807, 2.05) is 0 Å². The molecule has 0 spiro atoms. The van der Waals surface area contributed by atoms with E-state index < -0.39 is 11.8 Å². The van der Waals surface area contributed by atoms with Gasteiger partial charge in [0.2, 0.25) is 0 Å². The standard InChI is InChI=1S/C17H15Br2N3O4S/c1-25-13-5-3-9(7-11(13)18)15(23)20-17(27)22-21-16(24)10-4-6-14(26-2)12(19)8-10/h3-8H,1-2H3,(H,21,24)(H2,20,22,23,27). The number of methoxy groups -OCH3 is 2. The molecule has 0 aliphatic rings. The first-order chi connectivity index (χ1) is 12.8. The van der Waals surface area contributed by atoms with E-state index >= 15 is 0 Å². The van der Waals surface area contributed by atoms with Crippen molar-refractivity contribution in [3.8, 4) is 11.5 Å². The van der Waals surface area contributed by atoms with Gasteiger partial charge in [-0.15, -0.1) is 0 Å². The van der Waals surface area contributed by atoms with Crippen LogP contribution in [0.1, 0.15) is 20.7 Å². The van der Waals surface area contributed by atoms with Crippen LogP contribution in [0.25, 0.3) is 0 Å². The molecule has 2 amide bonds. The third-order valence-corrected chi connectivity index (χ3v) is 4.79. The summed E-state index contributed by atoms with van der Waals surface area (Å²) in [6.07, 6.45) is 0. The van der Waals surface area contributed by atoms with Crippen molar-refractivity contribution in [2.75, 3.05) is 14.2 Å². The lowest BCUT2D eigenvalue weighted by Crippen LogP contribution is -2.48. The molecule has 0 bridgehead atoms. The summed E-state index contributed by atoms with van der Waals surface area (Å²) in [5.74, 6) is 0.345. The fourth-order valence-corrected chi connectivity index (χ4v) is 3.23. The first-order valence-corrected chi connectivity index (χ1v) is 9.44. The van der Waals surface area contributed by atoms with Gasteiger partial charge in [0.1, 0.15) is 11.5 Å². The molecule has 0 atom stereocenters. The van der Waals surface area contributed by atoms with Gasteiger partial charge in [0.05, 0.1) is 23.2 Å². The summed E-state index contributed by atoms with van der Waals surface area (Å²) >= 11 is 11.6.